The average molecular weight is 344 g/mol. The molecule has 6 nitrogen and oxygen atoms in total. The third-order valence-corrected chi connectivity index (χ3v) is 4.80. The van der Waals surface area contributed by atoms with Gasteiger partial charge in [0, 0.05) is 38.6 Å². The SMILES string of the molecule is [C-]#[N+]c1ccc(-c2[nH]nc(N3CCN(C)CC3)c2-c2ccncc2)cc1. The molecule has 0 bridgehead atoms. The first-order valence-corrected chi connectivity index (χ1v) is 8.66. The van der Waals surface area contributed by atoms with Crippen LogP contribution < -0.4 is 4.90 Å². The fraction of sp³-hybridized carbons (Fsp3) is 0.250. The minimum Gasteiger partial charge on any atom is -0.352 e. The molecule has 0 aliphatic carbocycles. The lowest BCUT2D eigenvalue weighted by molar-refractivity contribution is 0.312. The van der Waals surface area contributed by atoms with E-state index < -0.39 is 0 Å². The molecule has 1 fully saturated rings. The second-order valence-corrected chi connectivity index (χ2v) is 6.48. The lowest BCUT2D eigenvalue weighted by atomic mass is 10.0. The van der Waals surface area contributed by atoms with Gasteiger partial charge in [0.15, 0.2) is 11.5 Å². The van der Waals surface area contributed by atoms with Crippen LogP contribution in [0.3, 0.4) is 0 Å². The van der Waals surface area contributed by atoms with E-state index in [4.69, 9.17) is 6.57 Å². The van der Waals surface area contributed by atoms with Crippen LogP contribution in [0.25, 0.3) is 27.2 Å². The number of benzene rings is 1. The highest BCUT2D eigenvalue weighted by Crippen LogP contribution is 2.38. The van der Waals surface area contributed by atoms with Crippen LogP contribution in [0.2, 0.25) is 0 Å². The summed E-state index contributed by atoms with van der Waals surface area (Å²) in [6.45, 7) is 11.1. The summed E-state index contributed by atoms with van der Waals surface area (Å²) < 4.78 is 0. The van der Waals surface area contributed by atoms with E-state index >= 15 is 0 Å². The average Bonchev–Trinajstić information content (AvgIpc) is 3.14. The lowest BCUT2D eigenvalue weighted by Crippen LogP contribution is -2.44. The molecule has 6 heteroatoms. The summed E-state index contributed by atoms with van der Waals surface area (Å²) in [7, 11) is 2.15. The summed E-state index contributed by atoms with van der Waals surface area (Å²) in [5, 5.41) is 7.89. The largest absolute Gasteiger partial charge is 0.352 e. The zero-order chi connectivity index (χ0) is 17.9. The van der Waals surface area contributed by atoms with Crippen LogP contribution in [-0.2, 0) is 0 Å². The summed E-state index contributed by atoms with van der Waals surface area (Å²) in [4.78, 5) is 12.3. The number of likely N-dealkylation sites (N-methyl/N-ethyl adjacent to an activating group) is 1. The van der Waals surface area contributed by atoms with Crippen molar-refractivity contribution in [1.29, 1.82) is 0 Å². The number of nitrogens with one attached hydrogen (secondary N) is 1. The molecular formula is C20H20N6. The van der Waals surface area contributed by atoms with Gasteiger partial charge in [-0.3, -0.25) is 10.1 Å². The topological polar surface area (TPSA) is 52.4 Å². The third kappa shape index (κ3) is 3.05. The van der Waals surface area contributed by atoms with E-state index in [1.54, 1.807) is 0 Å². The highest BCUT2D eigenvalue weighted by atomic mass is 15.3. The first-order chi connectivity index (χ1) is 12.8. The molecule has 3 heterocycles. The Labute approximate surface area is 152 Å². The first kappa shape index (κ1) is 16.3. The number of anilines is 1. The number of piperazine rings is 1. The number of H-pyrrole nitrogens is 1. The van der Waals surface area contributed by atoms with Crippen LogP contribution in [0.4, 0.5) is 11.5 Å². The van der Waals surface area contributed by atoms with Gasteiger partial charge < -0.3 is 9.80 Å². The molecule has 0 radical (unpaired) electrons. The molecule has 0 spiro atoms. The van der Waals surface area contributed by atoms with Crippen LogP contribution in [0.5, 0.6) is 0 Å². The zero-order valence-corrected chi connectivity index (χ0v) is 14.7. The van der Waals surface area contributed by atoms with E-state index in [0.717, 1.165) is 54.4 Å². The summed E-state index contributed by atoms with van der Waals surface area (Å²) >= 11 is 0. The Balaban J connectivity index is 1.80. The smallest absolute Gasteiger partial charge is 0.187 e. The normalized spacial score (nSPS) is 15.0. The zero-order valence-electron chi connectivity index (χ0n) is 14.7. The lowest BCUT2D eigenvalue weighted by Gasteiger charge is -2.33. The van der Waals surface area contributed by atoms with Crippen molar-refractivity contribution in [2.24, 2.45) is 0 Å². The molecule has 2 aromatic heterocycles. The van der Waals surface area contributed by atoms with Crippen molar-refractivity contribution in [2.75, 3.05) is 38.1 Å². The molecule has 1 aliphatic rings. The number of hydrogen-bond donors (Lipinski definition) is 1. The molecule has 4 rings (SSSR count). The Hall–Kier alpha value is -3.17. The molecule has 130 valence electrons. The van der Waals surface area contributed by atoms with Gasteiger partial charge in [-0.2, -0.15) is 5.10 Å². The Morgan fingerprint density at radius 1 is 0.962 bits per heavy atom. The molecule has 1 saturated heterocycles. The maximum absolute atomic E-state index is 7.14. The summed E-state index contributed by atoms with van der Waals surface area (Å²) in [6, 6.07) is 11.7. The summed E-state index contributed by atoms with van der Waals surface area (Å²) in [6.07, 6.45) is 3.61. The molecule has 0 unspecified atom stereocenters. The highest BCUT2D eigenvalue weighted by molar-refractivity contribution is 5.89. The maximum atomic E-state index is 7.14. The van der Waals surface area contributed by atoms with Crippen molar-refractivity contribution in [3.05, 3.63) is 60.2 Å². The molecule has 26 heavy (non-hydrogen) atoms. The number of pyridine rings is 1. The predicted molar refractivity (Wildman–Crippen MR) is 103 cm³/mol. The van der Waals surface area contributed by atoms with Crippen LogP contribution in [0, 0.1) is 6.57 Å². The fourth-order valence-electron chi connectivity index (χ4n) is 3.28. The number of rotatable bonds is 3. The minimum absolute atomic E-state index is 0.637. The molecule has 0 saturated carbocycles. The van der Waals surface area contributed by atoms with E-state index in [1.807, 2.05) is 48.8 Å². The number of aromatic amines is 1. The van der Waals surface area contributed by atoms with Gasteiger partial charge in [-0.15, -0.1) is 0 Å². The Morgan fingerprint density at radius 2 is 1.65 bits per heavy atom. The number of aromatic nitrogens is 3. The summed E-state index contributed by atoms with van der Waals surface area (Å²) in [5.41, 5.74) is 4.82. The minimum atomic E-state index is 0.637. The molecule has 0 atom stereocenters. The van der Waals surface area contributed by atoms with Gasteiger partial charge in [0.2, 0.25) is 0 Å². The Kier molecular flexibility index (Phi) is 4.38. The van der Waals surface area contributed by atoms with Crippen LogP contribution in [-0.4, -0.2) is 53.3 Å². The molecule has 1 aromatic carbocycles. The first-order valence-electron chi connectivity index (χ1n) is 8.66. The van der Waals surface area contributed by atoms with Crippen molar-refractivity contribution in [3.63, 3.8) is 0 Å². The van der Waals surface area contributed by atoms with Gasteiger partial charge in [0.05, 0.1) is 17.8 Å². The van der Waals surface area contributed by atoms with E-state index in [2.05, 4.69) is 36.9 Å². The standard InChI is InChI=1S/C20H20N6/c1-21-17-5-3-16(4-6-17)19-18(15-7-9-22-10-8-15)20(24-23-19)26-13-11-25(2)12-14-26/h3-10H,11-14H2,2H3,(H,23,24). The van der Waals surface area contributed by atoms with Gasteiger partial charge in [-0.1, -0.05) is 24.3 Å². The molecule has 0 amide bonds. The Bertz CT molecular complexity index is 915. The molecule has 1 aliphatic heterocycles. The van der Waals surface area contributed by atoms with Crippen molar-refractivity contribution in [2.45, 2.75) is 0 Å². The van der Waals surface area contributed by atoms with E-state index in [0.29, 0.717) is 5.69 Å². The van der Waals surface area contributed by atoms with Crippen LogP contribution in [0.1, 0.15) is 0 Å². The van der Waals surface area contributed by atoms with Crippen LogP contribution >= 0.6 is 0 Å². The van der Waals surface area contributed by atoms with E-state index in [-0.39, 0.29) is 0 Å². The second-order valence-electron chi connectivity index (χ2n) is 6.48. The fourth-order valence-corrected chi connectivity index (χ4v) is 3.28. The van der Waals surface area contributed by atoms with Crippen LogP contribution in [0.15, 0.2) is 48.8 Å². The van der Waals surface area contributed by atoms with Crippen molar-refractivity contribution in [3.8, 4) is 22.4 Å². The van der Waals surface area contributed by atoms with Gasteiger partial charge in [0.1, 0.15) is 0 Å². The van der Waals surface area contributed by atoms with Crippen molar-refractivity contribution in [1.82, 2.24) is 20.1 Å². The van der Waals surface area contributed by atoms with Gasteiger partial charge in [0.25, 0.3) is 0 Å². The van der Waals surface area contributed by atoms with Crippen molar-refractivity contribution < 1.29 is 0 Å². The third-order valence-electron chi connectivity index (χ3n) is 4.80. The predicted octanol–water partition coefficient (Wildman–Crippen LogP) is 3.44. The maximum Gasteiger partial charge on any atom is 0.187 e. The monoisotopic (exact) mass is 344 g/mol. The van der Waals surface area contributed by atoms with Gasteiger partial charge in [-0.05, 0) is 30.3 Å². The quantitative estimate of drug-likeness (QED) is 0.740. The number of hydrogen-bond acceptors (Lipinski definition) is 4. The Morgan fingerprint density at radius 3 is 2.31 bits per heavy atom. The molecule has 1 N–H and O–H groups in total. The number of nitrogens with zero attached hydrogens (tertiary/aromatic N) is 5. The second kappa shape index (κ2) is 6.98. The highest BCUT2D eigenvalue weighted by Gasteiger charge is 2.23. The molecular weight excluding hydrogens is 324 g/mol. The van der Waals surface area contributed by atoms with Gasteiger partial charge >= 0.3 is 0 Å². The molecule has 3 aromatic rings. The summed E-state index contributed by atoms with van der Waals surface area (Å²) in [5.74, 6) is 0.980. The van der Waals surface area contributed by atoms with E-state index in [9.17, 15) is 0 Å². The van der Waals surface area contributed by atoms with E-state index in [1.165, 1.54) is 0 Å². The van der Waals surface area contributed by atoms with Gasteiger partial charge in [-0.25, -0.2) is 4.85 Å². The van der Waals surface area contributed by atoms with Crippen molar-refractivity contribution >= 4 is 11.5 Å².